The molecule has 2 aromatic carbocycles. The van der Waals surface area contributed by atoms with Gasteiger partial charge in [0, 0.05) is 0 Å². The van der Waals surface area contributed by atoms with Crippen LogP contribution in [0.5, 0.6) is 11.5 Å². The molecular formula is C14H14N2O5S. The van der Waals surface area contributed by atoms with Crippen LogP contribution in [0.4, 0.5) is 0 Å². The van der Waals surface area contributed by atoms with Gasteiger partial charge in [-0.1, -0.05) is 24.3 Å². The standard InChI is InChI=1S/C14H14N2O5S/c1-20-12-9-5-8-11(14(17)16-15)13(12)21-22(18,19)10-6-3-2-4-7-10/h2-9H,15H2,1H3,(H,16,17). The highest BCUT2D eigenvalue weighted by Gasteiger charge is 2.24. The number of hydrogen-bond donors (Lipinski definition) is 2. The van der Waals surface area contributed by atoms with Crippen LogP contribution in [0.1, 0.15) is 10.4 Å². The largest absolute Gasteiger partial charge is 0.493 e. The Bertz CT molecular complexity index is 775. The fraction of sp³-hybridized carbons (Fsp3) is 0.0714. The summed E-state index contributed by atoms with van der Waals surface area (Å²) in [6, 6.07) is 11.9. The van der Waals surface area contributed by atoms with Crippen molar-refractivity contribution in [3.05, 3.63) is 54.1 Å². The highest BCUT2D eigenvalue weighted by atomic mass is 32.2. The van der Waals surface area contributed by atoms with Crippen molar-refractivity contribution in [2.24, 2.45) is 5.84 Å². The molecule has 0 aliphatic heterocycles. The molecule has 0 atom stereocenters. The lowest BCUT2D eigenvalue weighted by atomic mass is 10.2. The van der Waals surface area contributed by atoms with Crippen molar-refractivity contribution in [2.45, 2.75) is 4.90 Å². The number of nitrogens with one attached hydrogen (secondary N) is 1. The second kappa shape index (κ2) is 6.46. The second-order valence-corrected chi connectivity index (χ2v) is 5.71. The fourth-order valence-electron chi connectivity index (χ4n) is 1.76. The van der Waals surface area contributed by atoms with Gasteiger partial charge in [-0.2, -0.15) is 8.42 Å². The normalized spacial score (nSPS) is 10.8. The quantitative estimate of drug-likeness (QED) is 0.369. The van der Waals surface area contributed by atoms with E-state index in [0.717, 1.165) is 0 Å². The van der Waals surface area contributed by atoms with Gasteiger partial charge in [0.05, 0.1) is 12.7 Å². The number of rotatable bonds is 5. The number of carbonyl (C=O) groups is 1. The third kappa shape index (κ3) is 3.18. The summed E-state index contributed by atoms with van der Waals surface area (Å²) in [7, 11) is -2.78. The summed E-state index contributed by atoms with van der Waals surface area (Å²) in [5.74, 6) is 4.27. The number of carbonyl (C=O) groups excluding carboxylic acids is 1. The van der Waals surface area contributed by atoms with E-state index in [2.05, 4.69) is 0 Å². The molecule has 0 fully saturated rings. The lowest BCUT2D eigenvalue weighted by Crippen LogP contribution is -2.30. The van der Waals surface area contributed by atoms with Crippen LogP contribution in [0.3, 0.4) is 0 Å². The molecule has 0 heterocycles. The van der Waals surface area contributed by atoms with E-state index >= 15 is 0 Å². The van der Waals surface area contributed by atoms with Gasteiger partial charge in [0.15, 0.2) is 11.5 Å². The van der Waals surface area contributed by atoms with Crippen LogP contribution < -0.4 is 20.2 Å². The molecule has 0 saturated heterocycles. The molecule has 2 rings (SSSR count). The first-order valence-corrected chi connectivity index (χ1v) is 7.58. The first kappa shape index (κ1) is 15.8. The lowest BCUT2D eigenvalue weighted by molar-refractivity contribution is 0.0951. The molecule has 0 aromatic heterocycles. The summed E-state index contributed by atoms with van der Waals surface area (Å²) in [6.45, 7) is 0. The van der Waals surface area contributed by atoms with Crippen LogP contribution in [-0.2, 0) is 10.1 Å². The first-order chi connectivity index (χ1) is 10.5. The molecule has 22 heavy (non-hydrogen) atoms. The molecule has 2 aromatic rings. The van der Waals surface area contributed by atoms with Crippen LogP contribution in [-0.4, -0.2) is 21.4 Å². The molecule has 0 unspecified atom stereocenters. The number of methoxy groups -OCH3 is 1. The Hall–Kier alpha value is -2.58. The van der Waals surface area contributed by atoms with E-state index < -0.39 is 16.0 Å². The highest BCUT2D eigenvalue weighted by molar-refractivity contribution is 7.87. The zero-order chi connectivity index (χ0) is 16.2. The van der Waals surface area contributed by atoms with Gasteiger partial charge in [0.1, 0.15) is 4.90 Å². The topological polar surface area (TPSA) is 108 Å². The number of para-hydroxylation sites is 1. The maximum absolute atomic E-state index is 12.3. The molecule has 0 radical (unpaired) electrons. The molecule has 1 amide bonds. The third-order valence-corrected chi connectivity index (χ3v) is 4.04. The molecular weight excluding hydrogens is 308 g/mol. The minimum absolute atomic E-state index is 0.0417. The van der Waals surface area contributed by atoms with E-state index in [-0.39, 0.29) is 22.0 Å². The molecule has 3 N–H and O–H groups in total. The van der Waals surface area contributed by atoms with Crippen molar-refractivity contribution in [3.63, 3.8) is 0 Å². The summed E-state index contributed by atoms with van der Waals surface area (Å²) in [5, 5.41) is 0. The number of nitrogens with two attached hydrogens (primary N) is 1. The van der Waals surface area contributed by atoms with Gasteiger partial charge in [0.25, 0.3) is 5.91 Å². The molecule has 7 nitrogen and oxygen atoms in total. The molecule has 0 bridgehead atoms. The average Bonchev–Trinajstić information content (AvgIpc) is 2.55. The summed E-state index contributed by atoms with van der Waals surface area (Å²) in [4.78, 5) is 11.7. The predicted molar refractivity (Wildman–Crippen MR) is 78.9 cm³/mol. The van der Waals surface area contributed by atoms with Crippen molar-refractivity contribution < 1.29 is 22.1 Å². The van der Waals surface area contributed by atoms with Crippen LogP contribution >= 0.6 is 0 Å². The van der Waals surface area contributed by atoms with E-state index in [1.54, 1.807) is 18.2 Å². The number of amides is 1. The monoisotopic (exact) mass is 322 g/mol. The number of nitrogen functional groups attached to an aromatic ring is 1. The Kier molecular flexibility index (Phi) is 4.64. The van der Waals surface area contributed by atoms with Gasteiger partial charge in [-0.3, -0.25) is 10.2 Å². The van der Waals surface area contributed by atoms with Gasteiger partial charge >= 0.3 is 10.1 Å². The zero-order valence-electron chi connectivity index (χ0n) is 11.6. The van der Waals surface area contributed by atoms with E-state index in [4.69, 9.17) is 14.8 Å². The van der Waals surface area contributed by atoms with Gasteiger partial charge in [-0.15, -0.1) is 0 Å². The molecule has 0 spiro atoms. The maximum Gasteiger partial charge on any atom is 0.339 e. The second-order valence-electron chi connectivity index (χ2n) is 4.16. The van der Waals surface area contributed by atoms with Gasteiger partial charge in [0.2, 0.25) is 0 Å². The number of hydrazine groups is 1. The Morgan fingerprint density at radius 1 is 1.09 bits per heavy atom. The molecule has 0 aliphatic carbocycles. The Labute approximate surface area is 127 Å². The van der Waals surface area contributed by atoms with Crippen LogP contribution in [0.25, 0.3) is 0 Å². The number of ether oxygens (including phenoxy) is 1. The average molecular weight is 322 g/mol. The summed E-state index contributed by atoms with van der Waals surface area (Å²) in [5.41, 5.74) is 1.87. The van der Waals surface area contributed by atoms with E-state index in [1.165, 1.54) is 37.4 Å². The number of hydrogen-bond acceptors (Lipinski definition) is 6. The fourth-order valence-corrected chi connectivity index (χ4v) is 2.74. The Morgan fingerprint density at radius 3 is 2.36 bits per heavy atom. The molecule has 0 saturated carbocycles. The van der Waals surface area contributed by atoms with Gasteiger partial charge < -0.3 is 8.92 Å². The maximum atomic E-state index is 12.3. The zero-order valence-corrected chi connectivity index (χ0v) is 12.5. The van der Waals surface area contributed by atoms with Gasteiger partial charge in [-0.25, -0.2) is 5.84 Å². The summed E-state index contributed by atoms with van der Waals surface area (Å²) >= 11 is 0. The summed E-state index contributed by atoms with van der Waals surface area (Å²) < 4.78 is 34.7. The first-order valence-electron chi connectivity index (χ1n) is 6.17. The minimum Gasteiger partial charge on any atom is -0.493 e. The molecule has 8 heteroatoms. The van der Waals surface area contributed by atoms with E-state index in [0.29, 0.717) is 0 Å². The van der Waals surface area contributed by atoms with E-state index in [9.17, 15) is 13.2 Å². The molecule has 116 valence electrons. The highest BCUT2D eigenvalue weighted by Crippen LogP contribution is 2.33. The summed E-state index contributed by atoms with van der Waals surface area (Å²) in [6.07, 6.45) is 0. The minimum atomic E-state index is -4.11. The van der Waals surface area contributed by atoms with Crippen molar-refractivity contribution >= 4 is 16.0 Å². The molecule has 0 aliphatic rings. The SMILES string of the molecule is COc1cccc(C(=O)NN)c1OS(=O)(=O)c1ccccc1. The lowest BCUT2D eigenvalue weighted by Gasteiger charge is -2.13. The smallest absolute Gasteiger partial charge is 0.339 e. The van der Waals surface area contributed by atoms with Crippen molar-refractivity contribution in [3.8, 4) is 11.5 Å². The Morgan fingerprint density at radius 2 is 1.77 bits per heavy atom. The Balaban J connectivity index is 2.51. The van der Waals surface area contributed by atoms with Crippen molar-refractivity contribution in [1.82, 2.24) is 5.43 Å². The van der Waals surface area contributed by atoms with Crippen LogP contribution in [0.2, 0.25) is 0 Å². The van der Waals surface area contributed by atoms with E-state index in [1.807, 2.05) is 5.43 Å². The van der Waals surface area contributed by atoms with Crippen LogP contribution in [0.15, 0.2) is 53.4 Å². The van der Waals surface area contributed by atoms with Crippen LogP contribution in [0, 0.1) is 0 Å². The number of benzene rings is 2. The van der Waals surface area contributed by atoms with Crippen molar-refractivity contribution in [1.29, 1.82) is 0 Å². The third-order valence-electron chi connectivity index (χ3n) is 2.80. The van der Waals surface area contributed by atoms with Crippen molar-refractivity contribution in [2.75, 3.05) is 7.11 Å². The van der Waals surface area contributed by atoms with Gasteiger partial charge in [-0.05, 0) is 24.3 Å². The predicted octanol–water partition coefficient (Wildman–Crippen LogP) is 1.07.